The maximum absolute atomic E-state index is 9.78. The van der Waals surface area contributed by atoms with Crippen LogP contribution in [0.25, 0.3) is 33.5 Å². The summed E-state index contributed by atoms with van der Waals surface area (Å²) in [5, 5.41) is 10.9. The van der Waals surface area contributed by atoms with Gasteiger partial charge < -0.3 is 24.3 Å². The molecule has 0 unspecified atom stereocenters. The molecule has 1 saturated heterocycles. The van der Waals surface area contributed by atoms with Crippen LogP contribution in [0, 0.1) is 0 Å². The fourth-order valence-electron chi connectivity index (χ4n) is 4.27. The second kappa shape index (κ2) is 7.62. The zero-order valence-electron chi connectivity index (χ0n) is 18.2. The fraction of sp³-hybridized carbons (Fsp3) is 0.435. The smallest absolute Gasteiger partial charge is 0.166 e. The van der Waals surface area contributed by atoms with Crippen LogP contribution < -0.4 is 4.90 Å². The van der Waals surface area contributed by atoms with Crippen molar-refractivity contribution in [2.45, 2.75) is 32.7 Å². The first-order valence-corrected chi connectivity index (χ1v) is 10.8. The first-order chi connectivity index (χ1) is 15.0. The molecular weight excluding hydrogens is 392 g/mol. The Morgan fingerprint density at radius 3 is 2.65 bits per heavy atom. The van der Waals surface area contributed by atoms with E-state index in [9.17, 15) is 5.11 Å². The summed E-state index contributed by atoms with van der Waals surface area (Å²) in [5.74, 6) is 2.40. The molecule has 1 aromatic carbocycles. The number of hydrogen-bond acceptors (Lipinski definition) is 6. The molecular formula is C23H28N6O2. The van der Waals surface area contributed by atoms with Crippen molar-refractivity contribution in [3.63, 3.8) is 0 Å². The van der Waals surface area contributed by atoms with E-state index in [2.05, 4.69) is 42.8 Å². The summed E-state index contributed by atoms with van der Waals surface area (Å²) in [6.45, 7) is 9.71. The number of aromatic nitrogens is 5. The van der Waals surface area contributed by atoms with Crippen LogP contribution in [0.4, 0.5) is 5.82 Å². The van der Waals surface area contributed by atoms with Crippen molar-refractivity contribution in [2.75, 3.05) is 37.8 Å². The Morgan fingerprint density at radius 1 is 1.10 bits per heavy atom. The van der Waals surface area contributed by atoms with Crippen molar-refractivity contribution < 1.29 is 9.84 Å². The topological polar surface area (TPSA) is 92.1 Å². The molecule has 162 valence electrons. The lowest BCUT2D eigenvalue weighted by Crippen LogP contribution is -2.37. The molecule has 4 heterocycles. The van der Waals surface area contributed by atoms with Crippen molar-refractivity contribution in [3.05, 3.63) is 36.3 Å². The second-order valence-corrected chi connectivity index (χ2v) is 8.95. The van der Waals surface area contributed by atoms with Gasteiger partial charge in [-0.1, -0.05) is 32.9 Å². The first-order valence-electron chi connectivity index (χ1n) is 10.8. The largest absolute Gasteiger partial charge is 0.395 e. The summed E-state index contributed by atoms with van der Waals surface area (Å²) in [4.78, 5) is 20.5. The summed E-state index contributed by atoms with van der Waals surface area (Å²) in [6.07, 6.45) is 1.93. The zero-order valence-corrected chi connectivity index (χ0v) is 18.2. The minimum absolute atomic E-state index is 0.0220. The van der Waals surface area contributed by atoms with Gasteiger partial charge >= 0.3 is 0 Å². The van der Waals surface area contributed by atoms with Crippen LogP contribution in [0.15, 0.2) is 30.5 Å². The van der Waals surface area contributed by atoms with Gasteiger partial charge in [0.1, 0.15) is 5.82 Å². The number of aliphatic hydroxyl groups excluding tert-OH is 1. The normalized spacial score (nSPS) is 15.3. The average molecular weight is 421 g/mol. The van der Waals surface area contributed by atoms with Crippen LogP contribution in [-0.2, 0) is 16.7 Å². The van der Waals surface area contributed by atoms with Crippen LogP contribution in [0.2, 0.25) is 0 Å². The van der Waals surface area contributed by atoms with Gasteiger partial charge in [0.15, 0.2) is 22.8 Å². The Hall–Kier alpha value is -2.97. The summed E-state index contributed by atoms with van der Waals surface area (Å²) in [7, 11) is 0. The molecule has 0 bridgehead atoms. The number of aliphatic hydroxyl groups is 1. The number of anilines is 1. The maximum atomic E-state index is 9.78. The van der Waals surface area contributed by atoms with E-state index in [0.29, 0.717) is 25.6 Å². The number of benzene rings is 1. The van der Waals surface area contributed by atoms with Crippen molar-refractivity contribution >= 4 is 27.9 Å². The second-order valence-electron chi connectivity index (χ2n) is 8.95. The lowest BCUT2D eigenvalue weighted by atomic mass is 9.96. The minimum atomic E-state index is -0.195. The number of morpholine rings is 1. The summed E-state index contributed by atoms with van der Waals surface area (Å²) in [6, 6.07) is 8.17. The molecule has 3 aromatic heterocycles. The third-order valence-corrected chi connectivity index (χ3v) is 5.72. The molecule has 1 aliphatic rings. The van der Waals surface area contributed by atoms with E-state index in [1.807, 2.05) is 22.9 Å². The average Bonchev–Trinajstić information content (AvgIpc) is 3.39. The molecule has 1 aliphatic heterocycles. The molecule has 0 spiro atoms. The van der Waals surface area contributed by atoms with E-state index in [1.54, 1.807) is 0 Å². The molecule has 0 atom stereocenters. The summed E-state index contributed by atoms with van der Waals surface area (Å²) in [5.41, 5.74) is 3.37. The number of rotatable bonds is 4. The van der Waals surface area contributed by atoms with E-state index in [4.69, 9.17) is 19.7 Å². The highest BCUT2D eigenvalue weighted by molar-refractivity contribution is 5.95. The Bertz CT molecular complexity index is 1230. The Balaban J connectivity index is 1.81. The summed E-state index contributed by atoms with van der Waals surface area (Å²) < 4.78 is 7.61. The quantitative estimate of drug-likeness (QED) is 0.527. The standard InChI is InChI=1S/C23H28N6O2/c1-23(2,3)22-25-18-20(28-10-13-31-14-11-28)26-19(27-21(18)29(22)9-12-30)16-5-4-6-17-15(16)7-8-24-17/h4-8,24,30H,9-14H2,1-3H3. The third kappa shape index (κ3) is 3.45. The maximum Gasteiger partial charge on any atom is 0.166 e. The number of aromatic amines is 1. The van der Waals surface area contributed by atoms with Crippen molar-refractivity contribution in [3.8, 4) is 11.4 Å². The predicted molar refractivity (Wildman–Crippen MR) is 121 cm³/mol. The molecule has 0 saturated carbocycles. The van der Waals surface area contributed by atoms with Gasteiger partial charge in [0.25, 0.3) is 0 Å². The molecule has 0 amide bonds. The molecule has 5 rings (SSSR count). The molecule has 1 fully saturated rings. The van der Waals surface area contributed by atoms with Crippen LogP contribution in [0.3, 0.4) is 0 Å². The third-order valence-electron chi connectivity index (χ3n) is 5.72. The predicted octanol–water partition coefficient (Wildman–Crippen LogP) is 3.10. The Kier molecular flexibility index (Phi) is 4.91. The SMILES string of the molecule is CC(C)(C)c1nc2c(N3CCOCC3)nc(-c3cccc4[nH]ccc34)nc2n1CCO. The van der Waals surface area contributed by atoms with E-state index >= 15 is 0 Å². The molecule has 0 aliphatic carbocycles. The Morgan fingerprint density at radius 2 is 1.90 bits per heavy atom. The van der Waals surface area contributed by atoms with Gasteiger partial charge in [0.2, 0.25) is 0 Å². The Labute approximate surface area is 180 Å². The van der Waals surface area contributed by atoms with E-state index in [1.165, 1.54) is 0 Å². The van der Waals surface area contributed by atoms with E-state index < -0.39 is 0 Å². The lowest BCUT2D eigenvalue weighted by Gasteiger charge is -2.28. The number of ether oxygens (including phenoxy) is 1. The van der Waals surface area contributed by atoms with Crippen LogP contribution in [0.1, 0.15) is 26.6 Å². The van der Waals surface area contributed by atoms with Gasteiger partial charge in [-0.05, 0) is 12.1 Å². The molecule has 31 heavy (non-hydrogen) atoms. The van der Waals surface area contributed by atoms with Crippen molar-refractivity contribution in [1.29, 1.82) is 0 Å². The fourth-order valence-corrected chi connectivity index (χ4v) is 4.27. The number of H-pyrrole nitrogens is 1. The van der Waals surface area contributed by atoms with Crippen molar-refractivity contribution in [1.82, 2.24) is 24.5 Å². The molecule has 0 radical (unpaired) electrons. The van der Waals surface area contributed by atoms with Crippen LogP contribution >= 0.6 is 0 Å². The summed E-state index contributed by atoms with van der Waals surface area (Å²) >= 11 is 0. The lowest BCUT2D eigenvalue weighted by molar-refractivity contribution is 0.122. The number of nitrogens with one attached hydrogen (secondary N) is 1. The number of imidazole rings is 1. The van der Waals surface area contributed by atoms with Gasteiger partial charge in [0.05, 0.1) is 19.8 Å². The number of fused-ring (bicyclic) bond motifs is 2. The molecule has 4 aromatic rings. The van der Waals surface area contributed by atoms with Gasteiger partial charge in [-0.3, -0.25) is 0 Å². The van der Waals surface area contributed by atoms with Gasteiger partial charge in [-0.2, -0.15) is 0 Å². The van der Waals surface area contributed by atoms with Gasteiger partial charge in [-0.25, -0.2) is 15.0 Å². The van der Waals surface area contributed by atoms with Crippen LogP contribution in [0.5, 0.6) is 0 Å². The number of nitrogens with zero attached hydrogens (tertiary/aromatic N) is 5. The van der Waals surface area contributed by atoms with Crippen LogP contribution in [-0.4, -0.2) is 62.5 Å². The van der Waals surface area contributed by atoms with Gasteiger partial charge in [-0.15, -0.1) is 0 Å². The van der Waals surface area contributed by atoms with Gasteiger partial charge in [0, 0.05) is 47.7 Å². The van der Waals surface area contributed by atoms with E-state index in [-0.39, 0.29) is 12.0 Å². The molecule has 8 heteroatoms. The highest BCUT2D eigenvalue weighted by Gasteiger charge is 2.28. The first kappa shape index (κ1) is 20.0. The van der Waals surface area contributed by atoms with E-state index in [0.717, 1.165) is 52.4 Å². The highest BCUT2D eigenvalue weighted by Crippen LogP contribution is 2.34. The zero-order chi connectivity index (χ0) is 21.6. The highest BCUT2D eigenvalue weighted by atomic mass is 16.5. The molecule has 8 nitrogen and oxygen atoms in total. The number of hydrogen-bond donors (Lipinski definition) is 2. The minimum Gasteiger partial charge on any atom is -0.395 e. The van der Waals surface area contributed by atoms with Crippen molar-refractivity contribution in [2.24, 2.45) is 0 Å². The monoisotopic (exact) mass is 420 g/mol. The molecule has 2 N–H and O–H groups in total.